The molecule has 1 aliphatic rings. The highest BCUT2D eigenvalue weighted by Gasteiger charge is 2.27. The average molecular weight is 470 g/mol. The van der Waals surface area contributed by atoms with Gasteiger partial charge in [-0.1, -0.05) is 17.7 Å². The van der Waals surface area contributed by atoms with E-state index in [1.54, 1.807) is 12.1 Å². The van der Waals surface area contributed by atoms with Crippen molar-refractivity contribution < 1.29 is 27.1 Å². The van der Waals surface area contributed by atoms with E-state index in [1.807, 2.05) is 4.90 Å². The number of anilines is 1. The molecule has 1 aromatic heterocycles. The van der Waals surface area contributed by atoms with Gasteiger partial charge in [0.25, 0.3) is 0 Å². The van der Waals surface area contributed by atoms with Crippen LogP contribution in [0.5, 0.6) is 0 Å². The third-order valence-electron chi connectivity index (χ3n) is 5.30. The van der Waals surface area contributed by atoms with Crippen LogP contribution in [0.4, 0.5) is 19.3 Å². The predicted molar refractivity (Wildman–Crippen MR) is 112 cm³/mol. The first-order valence-electron chi connectivity index (χ1n) is 9.34. The van der Waals surface area contributed by atoms with Gasteiger partial charge in [0.15, 0.2) is 0 Å². The number of benzene rings is 2. The number of aromatic nitrogens is 1. The van der Waals surface area contributed by atoms with E-state index in [2.05, 4.69) is 0 Å². The van der Waals surface area contributed by atoms with Crippen molar-refractivity contribution in [1.82, 2.24) is 9.47 Å². The van der Waals surface area contributed by atoms with Gasteiger partial charge >= 0.3 is 12.6 Å². The minimum atomic E-state index is -4.12. The molecule has 0 atom stereocenters. The number of rotatable bonds is 4. The molecule has 0 aliphatic carbocycles. The Hall–Kier alpha value is -2.85. The lowest BCUT2D eigenvalue weighted by Gasteiger charge is -2.34. The number of fused-ring (bicyclic) bond motifs is 1. The van der Waals surface area contributed by atoms with Gasteiger partial charge < -0.3 is 14.9 Å². The molecule has 4 rings (SSSR count). The fourth-order valence-corrected chi connectivity index (χ4v) is 5.37. The van der Waals surface area contributed by atoms with Gasteiger partial charge in [0.05, 0.1) is 15.3 Å². The standard InChI is InChI=1S/C20H18ClF2N3O4S/c21-13-4-5-17-16(10-13)18(12-26(17)19(22)23)31(29,30)15-3-1-2-14(11-15)24-6-8-25(9-7-24)20(27)28/h1-5,10-12,19H,6-9H2,(H,27,28). The molecule has 0 unspecified atom stereocenters. The number of carboxylic acid groups (broad SMARTS) is 1. The van der Waals surface area contributed by atoms with Crippen LogP contribution in [0, 0.1) is 0 Å². The Morgan fingerprint density at radius 1 is 1.06 bits per heavy atom. The van der Waals surface area contributed by atoms with Gasteiger partial charge in [-0.3, -0.25) is 4.57 Å². The van der Waals surface area contributed by atoms with Crippen LogP contribution >= 0.6 is 11.6 Å². The minimum absolute atomic E-state index is 0.0426. The summed E-state index contributed by atoms with van der Waals surface area (Å²) in [5.74, 6) is 0. The zero-order valence-corrected chi connectivity index (χ0v) is 17.7. The number of amides is 1. The number of hydrogen-bond donors (Lipinski definition) is 1. The second-order valence-electron chi connectivity index (χ2n) is 7.10. The molecule has 1 aliphatic heterocycles. The Labute approximate surface area is 182 Å². The van der Waals surface area contributed by atoms with Gasteiger partial charge in [0.1, 0.15) is 0 Å². The van der Waals surface area contributed by atoms with Crippen LogP contribution in [0.2, 0.25) is 5.02 Å². The van der Waals surface area contributed by atoms with E-state index in [9.17, 15) is 22.0 Å². The molecule has 1 fully saturated rings. The number of alkyl halides is 2. The summed E-state index contributed by atoms with van der Waals surface area (Å²) >= 11 is 5.99. The fourth-order valence-electron chi connectivity index (χ4n) is 3.70. The highest BCUT2D eigenvalue weighted by molar-refractivity contribution is 7.91. The third kappa shape index (κ3) is 3.92. The third-order valence-corrected chi connectivity index (χ3v) is 7.32. The number of nitrogens with zero attached hydrogens (tertiary/aromatic N) is 3. The first-order chi connectivity index (χ1) is 14.7. The fraction of sp³-hybridized carbons (Fsp3) is 0.250. The lowest BCUT2D eigenvalue weighted by molar-refractivity contribution is 0.0748. The van der Waals surface area contributed by atoms with Crippen molar-refractivity contribution >= 4 is 44.1 Å². The summed E-state index contributed by atoms with van der Waals surface area (Å²) in [6.07, 6.45) is -0.0655. The molecule has 7 nitrogen and oxygen atoms in total. The van der Waals surface area contributed by atoms with Gasteiger partial charge in [0, 0.05) is 48.5 Å². The van der Waals surface area contributed by atoms with Gasteiger partial charge in [0.2, 0.25) is 9.84 Å². The summed E-state index contributed by atoms with van der Waals surface area (Å²) < 4.78 is 54.3. The number of sulfone groups is 1. The topological polar surface area (TPSA) is 82.8 Å². The Morgan fingerprint density at radius 2 is 1.77 bits per heavy atom. The van der Waals surface area contributed by atoms with E-state index in [0.717, 1.165) is 6.20 Å². The molecule has 2 heterocycles. The van der Waals surface area contributed by atoms with Crippen LogP contribution in [0.3, 0.4) is 0 Å². The van der Waals surface area contributed by atoms with Gasteiger partial charge in [-0.2, -0.15) is 8.78 Å². The Balaban J connectivity index is 1.73. The van der Waals surface area contributed by atoms with E-state index < -0.39 is 22.5 Å². The van der Waals surface area contributed by atoms with Crippen LogP contribution in [-0.2, 0) is 9.84 Å². The highest BCUT2D eigenvalue weighted by atomic mass is 35.5. The number of carbonyl (C=O) groups is 1. The van der Waals surface area contributed by atoms with Gasteiger partial charge in [-0.05, 0) is 36.4 Å². The van der Waals surface area contributed by atoms with Crippen molar-refractivity contribution in [2.75, 3.05) is 31.1 Å². The van der Waals surface area contributed by atoms with E-state index >= 15 is 0 Å². The van der Waals surface area contributed by atoms with E-state index in [-0.39, 0.29) is 25.7 Å². The van der Waals surface area contributed by atoms with E-state index in [1.165, 1.54) is 35.2 Å². The second kappa shape index (κ2) is 8.01. The van der Waals surface area contributed by atoms with Crippen LogP contribution in [-0.4, -0.2) is 55.3 Å². The molecule has 0 radical (unpaired) electrons. The molecule has 3 aromatic rings. The SMILES string of the molecule is O=C(O)N1CCN(c2cccc(S(=O)(=O)c3cn(C(F)F)c4ccc(Cl)cc34)c2)CC1. The van der Waals surface area contributed by atoms with Gasteiger partial charge in [-0.25, -0.2) is 13.2 Å². The second-order valence-corrected chi connectivity index (χ2v) is 9.45. The molecule has 164 valence electrons. The predicted octanol–water partition coefficient (Wildman–Crippen LogP) is 4.32. The number of hydrogen-bond acceptors (Lipinski definition) is 4. The Morgan fingerprint density at radius 3 is 2.42 bits per heavy atom. The van der Waals surface area contributed by atoms with Crippen molar-refractivity contribution in [1.29, 1.82) is 0 Å². The Bertz CT molecular complexity index is 1250. The molecule has 31 heavy (non-hydrogen) atoms. The zero-order valence-electron chi connectivity index (χ0n) is 16.1. The molecule has 0 spiro atoms. The summed E-state index contributed by atoms with van der Waals surface area (Å²) in [6, 6.07) is 10.3. The lowest BCUT2D eigenvalue weighted by Crippen LogP contribution is -2.48. The molecule has 1 amide bonds. The molecular formula is C20H18ClF2N3O4S. The molecule has 2 aromatic carbocycles. The molecule has 1 N–H and O–H groups in total. The maximum atomic E-state index is 13.5. The molecule has 1 saturated heterocycles. The molecule has 0 saturated carbocycles. The maximum absolute atomic E-state index is 13.5. The summed E-state index contributed by atoms with van der Waals surface area (Å²) in [4.78, 5) is 14.0. The summed E-state index contributed by atoms with van der Waals surface area (Å²) in [5, 5.41) is 9.44. The Kier molecular flexibility index (Phi) is 5.52. The zero-order chi connectivity index (χ0) is 22.3. The van der Waals surface area contributed by atoms with Crippen LogP contribution in [0.15, 0.2) is 58.5 Å². The van der Waals surface area contributed by atoms with Crippen LogP contribution in [0.1, 0.15) is 6.55 Å². The monoisotopic (exact) mass is 469 g/mol. The summed E-state index contributed by atoms with van der Waals surface area (Å²) in [6.45, 7) is -1.49. The number of halogens is 3. The quantitative estimate of drug-likeness (QED) is 0.615. The normalized spacial score (nSPS) is 15.1. The largest absolute Gasteiger partial charge is 0.465 e. The molecular weight excluding hydrogens is 452 g/mol. The minimum Gasteiger partial charge on any atom is -0.465 e. The lowest BCUT2D eigenvalue weighted by atomic mass is 10.2. The van der Waals surface area contributed by atoms with Crippen molar-refractivity contribution in [3.8, 4) is 0 Å². The number of piperazine rings is 1. The van der Waals surface area contributed by atoms with Crippen molar-refractivity contribution in [2.24, 2.45) is 0 Å². The van der Waals surface area contributed by atoms with E-state index in [0.29, 0.717) is 36.4 Å². The first kappa shape index (κ1) is 21.4. The molecule has 11 heteroatoms. The average Bonchev–Trinajstić information content (AvgIpc) is 3.13. The summed E-state index contributed by atoms with van der Waals surface area (Å²) in [7, 11) is -4.12. The summed E-state index contributed by atoms with van der Waals surface area (Å²) in [5.41, 5.74) is 0.681. The smallest absolute Gasteiger partial charge is 0.407 e. The van der Waals surface area contributed by atoms with Crippen molar-refractivity contribution in [3.05, 3.63) is 53.7 Å². The maximum Gasteiger partial charge on any atom is 0.407 e. The van der Waals surface area contributed by atoms with Crippen molar-refractivity contribution in [2.45, 2.75) is 16.3 Å². The van der Waals surface area contributed by atoms with Crippen LogP contribution in [0.25, 0.3) is 10.9 Å². The van der Waals surface area contributed by atoms with E-state index in [4.69, 9.17) is 16.7 Å². The van der Waals surface area contributed by atoms with Crippen LogP contribution < -0.4 is 4.90 Å². The first-order valence-corrected chi connectivity index (χ1v) is 11.2. The van der Waals surface area contributed by atoms with Crippen molar-refractivity contribution in [3.63, 3.8) is 0 Å². The van der Waals surface area contributed by atoms with Gasteiger partial charge in [-0.15, -0.1) is 0 Å². The highest BCUT2D eigenvalue weighted by Crippen LogP contribution is 2.35. The molecule has 0 bridgehead atoms.